The summed E-state index contributed by atoms with van der Waals surface area (Å²) >= 11 is 0. The van der Waals surface area contributed by atoms with Gasteiger partial charge in [-0.1, -0.05) is 11.2 Å². The van der Waals surface area contributed by atoms with Crippen LogP contribution in [0.25, 0.3) is 11.0 Å². The van der Waals surface area contributed by atoms with E-state index in [4.69, 9.17) is 14.0 Å². The lowest BCUT2D eigenvalue weighted by Gasteiger charge is -2.11. The molecule has 0 bridgehead atoms. The first-order valence-electron chi connectivity index (χ1n) is 10.3. The number of anilines is 3. The van der Waals surface area contributed by atoms with Gasteiger partial charge in [-0.3, -0.25) is 9.82 Å². The van der Waals surface area contributed by atoms with Gasteiger partial charge in [0, 0.05) is 23.7 Å². The standard InChI is InChI=1S/C22H23N5O5S/c1-12-4-7-20(19(8-12)31-3)33(28,29)27-22-14-9-18(30-2)16(10-17(14)32-26-22)23-21-11-15(24-25-21)13-5-6-13/h4,7-11,13H,5-6H2,1-3H3,(H,26,27)(H2,23,24,25). The summed E-state index contributed by atoms with van der Waals surface area (Å²) in [5.74, 6) is 1.98. The van der Waals surface area contributed by atoms with E-state index in [-0.39, 0.29) is 16.5 Å². The van der Waals surface area contributed by atoms with Gasteiger partial charge >= 0.3 is 0 Å². The fourth-order valence-corrected chi connectivity index (χ4v) is 4.79. The summed E-state index contributed by atoms with van der Waals surface area (Å²) in [6.07, 6.45) is 2.34. The van der Waals surface area contributed by atoms with Crippen LogP contribution in [0.4, 0.5) is 17.3 Å². The van der Waals surface area contributed by atoms with Crippen molar-refractivity contribution in [2.75, 3.05) is 24.3 Å². The van der Waals surface area contributed by atoms with E-state index in [1.165, 1.54) is 33.1 Å². The summed E-state index contributed by atoms with van der Waals surface area (Å²) in [4.78, 5) is 0.00185. The van der Waals surface area contributed by atoms with Crippen LogP contribution in [0, 0.1) is 6.92 Å². The summed E-state index contributed by atoms with van der Waals surface area (Å²) in [7, 11) is -1.03. The zero-order chi connectivity index (χ0) is 23.2. The van der Waals surface area contributed by atoms with E-state index in [1.807, 2.05) is 13.0 Å². The second-order valence-corrected chi connectivity index (χ2v) is 9.60. The van der Waals surface area contributed by atoms with Gasteiger partial charge in [0.25, 0.3) is 10.0 Å². The zero-order valence-electron chi connectivity index (χ0n) is 18.3. The number of hydrogen-bond donors (Lipinski definition) is 3. The van der Waals surface area contributed by atoms with E-state index in [0.717, 1.165) is 11.3 Å². The Morgan fingerprint density at radius 2 is 1.88 bits per heavy atom. The molecule has 0 atom stereocenters. The van der Waals surface area contributed by atoms with E-state index in [1.54, 1.807) is 24.3 Å². The summed E-state index contributed by atoms with van der Waals surface area (Å²) in [6, 6.07) is 10.2. The van der Waals surface area contributed by atoms with Gasteiger partial charge in [0.2, 0.25) is 0 Å². The van der Waals surface area contributed by atoms with Gasteiger partial charge in [-0.2, -0.15) is 5.10 Å². The van der Waals surface area contributed by atoms with Crippen LogP contribution in [-0.2, 0) is 10.0 Å². The third-order valence-corrected chi connectivity index (χ3v) is 6.89. The Hall–Kier alpha value is -3.73. The van der Waals surface area contributed by atoms with Crippen LogP contribution >= 0.6 is 0 Å². The molecule has 0 unspecified atom stereocenters. The monoisotopic (exact) mass is 469 g/mol. The van der Waals surface area contributed by atoms with Gasteiger partial charge in [-0.15, -0.1) is 0 Å². The van der Waals surface area contributed by atoms with Crippen LogP contribution in [-0.4, -0.2) is 38.0 Å². The number of nitrogens with zero attached hydrogens (tertiary/aromatic N) is 2. The first kappa shape index (κ1) is 21.1. The topological polar surface area (TPSA) is 131 Å². The second-order valence-electron chi connectivity index (χ2n) is 7.95. The number of fused-ring (bicyclic) bond motifs is 1. The summed E-state index contributed by atoms with van der Waals surface area (Å²) in [5.41, 5.74) is 2.97. The van der Waals surface area contributed by atoms with E-state index in [2.05, 4.69) is 25.4 Å². The fourth-order valence-electron chi connectivity index (χ4n) is 3.63. The highest BCUT2D eigenvalue weighted by atomic mass is 32.2. The van der Waals surface area contributed by atoms with E-state index in [9.17, 15) is 8.42 Å². The molecule has 5 rings (SSSR count). The van der Waals surface area contributed by atoms with Crippen LogP contribution in [0.3, 0.4) is 0 Å². The zero-order valence-corrected chi connectivity index (χ0v) is 19.1. The van der Waals surface area contributed by atoms with Gasteiger partial charge in [0.05, 0.1) is 25.3 Å². The van der Waals surface area contributed by atoms with Crippen LogP contribution in [0.15, 0.2) is 45.8 Å². The average molecular weight is 470 g/mol. The molecule has 2 aromatic heterocycles. The third kappa shape index (κ3) is 4.07. The van der Waals surface area contributed by atoms with E-state index < -0.39 is 10.0 Å². The molecule has 2 aromatic carbocycles. The number of nitrogens with one attached hydrogen (secondary N) is 3. The number of H-pyrrole nitrogens is 1. The molecule has 4 aromatic rings. The highest BCUT2D eigenvalue weighted by Crippen LogP contribution is 2.41. The smallest absolute Gasteiger partial charge is 0.266 e. The fraction of sp³-hybridized carbons (Fsp3) is 0.273. The van der Waals surface area contributed by atoms with E-state index >= 15 is 0 Å². The normalized spacial score (nSPS) is 13.8. The molecule has 0 radical (unpaired) electrons. The average Bonchev–Trinajstić information content (AvgIpc) is 3.43. The highest BCUT2D eigenvalue weighted by molar-refractivity contribution is 7.92. The molecule has 33 heavy (non-hydrogen) atoms. The summed E-state index contributed by atoms with van der Waals surface area (Å²) in [6.45, 7) is 1.85. The maximum atomic E-state index is 13.0. The molecule has 1 fully saturated rings. The molecule has 11 heteroatoms. The number of aromatic nitrogens is 3. The molecule has 3 N–H and O–H groups in total. The molecule has 0 saturated heterocycles. The van der Waals surface area contributed by atoms with Crippen molar-refractivity contribution >= 4 is 38.3 Å². The Morgan fingerprint density at radius 1 is 1.09 bits per heavy atom. The van der Waals surface area contributed by atoms with Crippen LogP contribution in [0.2, 0.25) is 0 Å². The van der Waals surface area contributed by atoms with Crippen LogP contribution in [0.1, 0.15) is 30.0 Å². The molecule has 172 valence electrons. The van der Waals surface area contributed by atoms with Crippen molar-refractivity contribution in [3.63, 3.8) is 0 Å². The number of hydrogen-bond acceptors (Lipinski definition) is 8. The minimum atomic E-state index is -3.98. The molecular weight excluding hydrogens is 446 g/mol. The third-order valence-electron chi connectivity index (χ3n) is 5.51. The molecule has 1 aliphatic rings. The quantitative estimate of drug-likeness (QED) is 0.348. The van der Waals surface area contributed by atoms with Gasteiger partial charge in [0.15, 0.2) is 17.2 Å². The van der Waals surface area contributed by atoms with Gasteiger partial charge in [-0.05, 0) is 43.5 Å². The van der Waals surface area contributed by atoms with Crippen LogP contribution in [0.5, 0.6) is 11.5 Å². The van der Waals surface area contributed by atoms with Crippen molar-refractivity contribution in [3.8, 4) is 11.5 Å². The van der Waals surface area contributed by atoms with Crippen molar-refractivity contribution in [1.82, 2.24) is 15.4 Å². The number of benzene rings is 2. The number of sulfonamides is 1. The molecule has 2 heterocycles. The predicted molar refractivity (Wildman–Crippen MR) is 123 cm³/mol. The lowest BCUT2D eigenvalue weighted by molar-refractivity contribution is 0.402. The van der Waals surface area contributed by atoms with Crippen molar-refractivity contribution < 1.29 is 22.4 Å². The number of ether oxygens (including phenoxy) is 2. The van der Waals surface area contributed by atoms with Gasteiger partial charge < -0.3 is 19.3 Å². The predicted octanol–water partition coefficient (Wildman–Crippen LogP) is 4.30. The van der Waals surface area contributed by atoms with Crippen LogP contribution < -0.4 is 19.5 Å². The Labute approximate surface area is 190 Å². The largest absolute Gasteiger partial charge is 0.495 e. The lowest BCUT2D eigenvalue weighted by atomic mass is 10.2. The maximum Gasteiger partial charge on any atom is 0.266 e. The SMILES string of the molecule is COc1cc2c(NS(=O)(=O)c3ccc(C)cc3OC)noc2cc1Nc1cc(C2CC2)[nH]n1. The minimum absolute atomic E-state index is 0.00185. The second kappa shape index (κ2) is 8.00. The minimum Gasteiger partial charge on any atom is -0.495 e. The molecule has 0 aliphatic heterocycles. The van der Waals surface area contributed by atoms with Gasteiger partial charge in [-0.25, -0.2) is 8.42 Å². The first-order chi connectivity index (χ1) is 15.9. The number of aryl methyl sites for hydroxylation is 1. The summed E-state index contributed by atoms with van der Waals surface area (Å²) < 4.78 is 44.7. The van der Waals surface area contributed by atoms with Crippen molar-refractivity contribution in [3.05, 3.63) is 47.7 Å². The molecule has 0 spiro atoms. The molecular formula is C22H23N5O5S. The van der Waals surface area contributed by atoms with Gasteiger partial charge in [0.1, 0.15) is 16.4 Å². The number of rotatable bonds is 8. The maximum absolute atomic E-state index is 13.0. The molecule has 10 nitrogen and oxygen atoms in total. The lowest BCUT2D eigenvalue weighted by Crippen LogP contribution is -2.14. The highest BCUT2D eigenvalue weighted by Gasteiger charge is 2.26. The Kier molecular flexibility index (Phi) is 5.12. The number of methoxy groups -OCH3 is 2. The van der Waals surface area contributed by atoms with Crippen molar-refractivity contribution in [2.45, 2.75) is 30.6 Å². The first-order valence-corrected chi connectivity index (χ1v) is 11.8. The number of aromatic amines is 1. The molecule has 1 saturated carbocycles. The van der Waals surface area contributed by atoms with Crippen molar-refractivity contribution in [2.24, 2.45) is 0 Å². The van der Waals surface area contributed by atoms with Crippen molar-refractivity contribution in [1.29, 1.82) is 0 Å². The molecule has 0 amide bonds. The Morgan fingerprint density at radius 3 is 2.61 bits per heavy atom. The summed E-state index contributed by atoms with van der Waals surface area (Å²) in [5, 5.41) is 14.9. The Bertz CT molecular complexity index is 1440. The Balaban J connectivity index is 1.46. The molecule has 1 aliphatic carbocycles. The van der Waals surface area contributed by atoms with E-state index in [0.29, 0.717) is 34.1 Å².